The fraction of sp³-hybridized carbons (Fsp3) is 0.222. The Morgan fingerprint density at radius 2 is 2.12 bits per heavy atom. The van der Waals surface area contributed by atoms with E-state index in [1.54, 1.807) is 16.6 Å². The molecule has 1 aromatic carbocycles. The van der Waals surface area contributed by atoms with E-state index in [9.17, 15) is 9.35 Å². The lowest BCUT2D eigenvalue weighted by Crippen LogP contribution is -2.40. The molecule has 7 nitrogen and oxygen atoms in total. The van der Waals surface area contributed by atoms with Crippen LogP contribution in [0.25, 0.3) is 11.0 Å². The Labute approximate surface area is 153 Å². The first-order chi connectivity index (χ1) is 12.5. The van der Waals surface area contributed by atoms with Crippen molar-refractivity contribution in [2.24, 2.45) is 5.14 Å². The van der Waals surface area contributed by atoms with Crippen LogP contribution in [0.3, 0.4) is 0 Å². The summed E-state index contributed by atoms with van der Waals surface area (Å²) in [5.41, 5.74) is 4.73. The maximum atomic E-state index is 11.6. The molecule has 3 aromatic rings. The summed E-state index contributed by atoms with van der Waals surface area (Å²) in [6.07, 6.45) is 2.52. The highest BCUT2D eigenvalue weighted by Crippen LogP contribution is 2.31. The van der Waals surface area contributed by atoms with E-state index in [2.05, 4.69) is 33.1 Å². The molecule has 0 fully saturated rings. The van der Waals surface area contributed by atoms with Gasteiger partial charge < -0.3 is 14.4 Å². The van der Waals surface area contributed by atoms with Crippen LogP contribution < -0.4 is 15.6 Å². The summed E-state index contributed by atoms with van der Waals surface area (Å²) in [5.74, 6) is 0. The maximum Gasteiger partial charge on any atom is 0.249 e. The molecule has 1 unspecified atom stereocenters. The molecule has 0 amide bonds. The van der Waals surface area contributed by atoms with Gasteiger partial charge >= 0.3 is 0 Å². The van der Waals surface area contributed by atoms with E-state index >= 15 is 0 Å². The van der Waals surface area contributed by atoms with Crippen molar-refractivity contribution in [2.75, 3.05) is 18.5 Å². The summed E-state index contributed by atoms with van der Waals surface area (Å²) >= 11 is -1.46. The number of nitrogens with one attached hydrogen (secondary N) is 1. The molecule has 8 heteroatoms. The number of hydrogen-bond acceptors (Lipinski definition) is 6. The fourth-order valence-corrected chi connectivity index (χ4v) is 3.89. The van der Waals surface area contributed by atoms with Gasteiger partial charge in [0.15, 0.2) is 0 Å². The normalized spacial score (nSPS) is 15.7. The SMILES string of the molecule is CN(c1ccc2c(c1)CN([S+](N)[O-])CC2)c1ccnc2[nH]c(=O)ccc12. The van der Waals surface area contributed by atoms with Crippen LogP contribution in [-0.4, -0.2) is 32.4 Å². The van der Waals surface area contributed by atoms with Gasteiger partial charge in [0, 0.05) is 30.4 Å². The van der Waals surface area contributed by atoms with Crippen LogP contribution in [0.4, 0.5) is 11.4 Å². The molecule has 4 rings (SSSR count). The highest BCUT2D eigenvalue weighted by atomic mass is 32.2. The summed E-state index contributed by atoms with van der Waals surface area (Å²) in [7, 11) is 1.98. The minimum atomic E-state index is -1.46. The van der Waals surface area contributed by atoms with Crippen molar-refractivity contribution in [3.63, 3.8) is 0 Å². The molecule has 134 valence electrons. The molecule has 1 aliphatic heterocycles. The number of H-pyrrole nitrogens is 1. The molecule has 0 radical (unpaired) electrons. The third kappa shape index (κ3) is 3.08. The average Bonchev–Trinajstić information content (AvgIpc) is 2.65. The molecule has 0 saturated carbocycles. The number of anilines is 2. The number of rotatable bonds is 3. The van der Waals surface area contributed by atoms with Crippen LogP contribution in [0.15, 0.2) is 47.4 Å². The first-order valence-corrected chi connectivity index (χ1v) is 9.45. The molecule has 3 N–H and O–H groups in total. The van der Waals surface area contributed by atoms with E-state index in [1.165, 1.54) is 11.6 Å². The number of benzene rings is 1. The lowest BCUT2D eigenvalue weighted by atomic mass is 10.00. The molecule has 1 atom stereocenters. The van der Waals surface area contributed by atoms with Crippen LogP contribution >= 0.6 is 0 Å². The largest absolute Gasteiger partial charge is 0.579 e. The summed E-state index contributed by atoms with van der Waals surface area (Å²) in [4.78, 5) is 20.6. The minimum Gasteiger partial charge on any atom is -0.579 e. The molecule has 0 aliphatic carbocycles. The molecule has 0 spiro atoms. The summed E-state index contributed by atoms with van der Waals surface area (Å²) in [5, 5.41) is 6.41. The standard InChI is InChI=1S/C18H19N5O2S/c1-22(16-6-8-20-18-15(16)4-5-17(24)21-18)14-3-2-12-7-9-23(26(19)25)11-13(12)10-14/h2-6,8,10H,7,9,11,19H2,1H3,(H,20,21,24). The van der Waals surface area contributed by atoms with Gasteiger partial charge in [-0.05, 0) is 41.8 Å². The van der Waals surface area contributed by atoms with E-state index < -0.39 is 11.5 Å². The third-order valence-electron chi connectivity index (χ3n) is 4.78. The molecular formula is C18H19N5O2S. The highest BCUT2D eigenvalue weighted by Gasteiger charge is 2.24. The molecule has 0 bridgehead atoms. The second-order valence-electron chi connectivity index (χ2n) is 6.32. The Kier molecular flexibility index (Phi) is 4.41. The monoisotopic (exact) mass is 369 g/mol. The zero-order valence-corrected chi connectivity index (χ0v) is 15.1. The van der Waals surface area contributed by atoms with Crippen LogP contribution in [0.2, 0.25) is 0 Å². The summed E-state index contributed by atoms with van der Waals surface area (Å²) in [6.45, 7) is 1.28. The second-order valence-corrected chi connectivity index (χ2v) is 7.39. The quantitative estimate of drug-likeness (QED) is 0.680. The van der Waals surface area contributed by atoms with Gasteiger partial charge in [-0.3, -0.25) is 4.79 Å². The van der Waals surface area contributed by atoms with Crippen molar-refractivity contribution >= 4 is 34.0 Å². The van der Waals surface area contributed by atoms with E-state index in [4.69, 9.17) is 5.14 Å². The molecule has 3 heterocycles. The van der Waals surface area contributed by atoms with Crippen LogP contribution in [0.5, 0.6) is 0 Å². The molecule has 2 aromatic heterocycles. The van der Waals surface area contributed by atoms with Crippen molar-refractivity contribution in [3.05, 3.63) is 64.1 Å². The number of fused-ring (bicyclic) bond motifs is 2. The number of hydrogen-bond donors (Lipinski definition) is 2. The Bertz CT molecular complexity index is 1020. The highest BCUT2D eigenvalue weighted by molar-refractivity contribution is 7.86. The molecule has 26 heavy (non-hydrogen) atoms. The van der Waals surface area contributed by atoms with Gasteiger partial charge in [0.05, 0.1) is 18.8 Å². The maximum absolute atomic E-state index is 11.6. The predicted octanol–water partition coefficient (Wildman–Crippen LogP) is 1.59. The Morgan fingerprint density at radius 1 is 1.27 bits per heavy atom. The van der Waals surface area contributed by atoms with E-state index in [0.717, 1.165) is 28.7 Å². The number of aromatic nitrogens is 2. The van der Waals surface area contributed by atoms with Gasteiger partial charge in [-0.2, -0.15) is 0 Å². The lowest BCUT2D eigenvalue weighted by Gasteiger charge is -2.28. The average molecular weight is 369 g/mol. The number of pyridine rings is 2. The van der Waals surface area contributed by atoms with Crippen molar-refractivity contribution in [3.8, 4) is 0 Å². The van der Waals surface area contributed by atoms with Gasteiger partial charge in [-0.15, -0.1) is 9.44 Å². The van der Waals surface area contributed by atoms with Gasteiger partial charge in [0.1, 0.15) is 17.2 Å². The first-order valence-electron chi connectivity index (χ1n) is 8.28. The predicted molar refractivity (Wildman–Crippen MR) is 103 cm³/mol. The number of nitrogens with two attached hydrogens (primary N) is 1. The second kappa shape index (κ2) is 6.73. The zero-order valence-electron chi connectivity index (χ0n) is 14.3. The summed E-state index contributed by atoms with van der Waals surface area (Å²) < 4.78 is 13.4. The smallest absolute Gasteiger partial charge is 0.249 e. The van der Waals surface area contributed by atoms with Crippen molar-refractivity contribution < 1.29 is 4.55 Å². The van der Waals surface area contributed by atoms with Gasteiger partial charge in [0.2, 0.25) is 5.56 Å². The Morgan fingerprint density at radius 3 is 2.92 bits per heavy atom. The van der Waals surface area contributed by atoms with Crippen LogP contribution in [0, 0.1) is 0 Å². The third-order valence-corrected chi connectivity index (χ3v) is 5.60. The molecule has 0 saturated heterocycles. The number of aromatic amines is 1. The van der Waals surface area contributed by atoms with Crippen molar-refractivity contribution in [2.45, 2.75) is 13.0 Å². The van der Waals surface area contributed by atoms with Gasteiger partial charge in [-0.25, -0.2) is 4.98 Å². The van der Waals surface area contributed by atoms with Gasteiger partial charge in [0.25, 0.3) is 0 Å². The van der Waals surface area contributed by atoms with Crippen molar-refractivity contribution in [1.82, 2.24) is 14.3 Å². The van der Waals surface area contributed by atoms with E-state index in [1.807, 2.05) is 13.1 Å². The van der Waals surface area contributed by atoms with Crippen LogP contribution in [-0.2, 0) is 24.5 Å². The number of nitrogens with zero attached hydrogens (tertiary/aromatic N) is 3. The topological polar surface area (TPSA) is 101 Å². The Balaban J connectivity index is 1.73. The molecular weight excluding hydrogens is 350 g/mol. The molecule has 1 aliphatic rings. The minimum absolute atomic E-state index is 0.173. The van der Waals surface area contributed by atoms with Crippen molar-refractivity contribution in [1.29, 1.82) is 0 Å². The van der Waals surface area contributed by atoms with E-state index in [0.29, 0.717) is 18.7 Å². The summed E-state index contributed by atoms with van der Waals surface area (Å²) in [6, 6.07) is 11.5. The lowest BCUT2D eigenvalue weighted by molar-refractivity contribution is 0.392. The first kappa shape index (κ1) is 17.0. The Hall–Kier alpha value is -2.39. The van der Waals surface area contributed by atoms with E-state index in [-0.39, 0.29) is 5.56 Å². The fourth-order valence-electron chi connectivity index (χ4n) is 3.36. The van der Waals surface area contributed by atoms with Gasteiger partial charge in [-0.1, -0.05) is 6.07 Å². The zero-order chi connectivity index (χ0) is 18.3. The van der Waals surface area contributed by atoms with Crippen LogP contribution in [0.1, 0.15) is 11.1 Å².